The number of benzene rings is 3. The van der Waals surface area contributed by atoms with E-state index in [1.807, 2.05) is 54.0 Å². The van der Waals surface area contributed by atoms with Crippen LogP contribution in [-0.2, 0) is 42.7 Å². The fourth-order valence-electron chi connectivity index (χ4n) is 6.14. The number of nitrogens with zero attached hydrogens (tertiary/aromatic N) is 4. The summed E-state index contributed by atoms with van der Waals surface area (Å²) in [5.74, 6) is 2.34. The molecule has 1 aliphatic heterocycles. The Morgan fingerprint density at radius 1 is 0.661 bits per heavy atom. The monoisotopic (exact) mass is 882 g/mol. The van der Waals surface area contributed by atoms with Gasteiger partial charge in [0.1, 0.15) is 30.0 Å². The second-order valence-corrected chi connectivity index (χ2v) is 14.1. The molecule has 0 radical (unpaired) electrons. The Labute approximate surface area is 368 Å². The van der Waals surface area contributed by atoms with Crippen LogP contribution in [0.15, 0.2) is 71.7 Å². The molecule has 3 aromatic carbocycles. The zero-order valence-electron chi connectivity index (χ0n) is 35.6. The minimum Gasteiger partial charge on any atom is -0.497 e. The van der Waals surface area contributed by atoms with Crippen molar-refractivity contribution in [2.24, 2.45) is 10.7 Å². The molecule has 17 nitrogen and oxygen atoms in total. The molecule has 0 spiro atoms. The van der Waals surface area contributed by atoms with Crippen LogP contribution in [0.3, 0.4) is 0 Å². The molecule has 0 fully saturated rings. The number of amides is 1. The Hall–Kier alpha value is -4.53. The average Bonchev–Trinajstić information content (AvgIpc) is 3.61. The lowest BCUT2D eigenvalue weighted by atomic mass is 10.00. The van der Waals surface area contributed by atoms with E-state index in [1.165, 1.54) is 0 Å². The number of nitrogens with two attached hydrogens (primary N) is 1. The summed E-state index contributed by atoms with van der Waals surface area (Å²) in [6, 6.07) is 19.8. The van der Waals surface area contributed by atoms with Crippen LogP contribution < -0.4 is 20.5 Å². The van der Waals surface area contributed by atoms with E-state index < -0.39 is 6.04 Å². The van der Waals surface area contributed by atoms with Gasteiger partial charge < -0.3 is 58.4 Å². The van der Waals surface area contributed by atoms with Crippen LogP contribution in [0.4, 0.5) is 5.69 Å². The highest BCUT2D eigenvalue weighted by Crippen LogP contribution is 2.34. The van der Waals surface area contributed by atoms with Crippen molar-refractivity contribution in [3.63, 3.8) is 0 Å². The number of aliphatic imine (C=N–C) groups is 1. The number of aromatic nitrogens is 3. The number of nitrogens with one attached hydrogen (secondary N) is 1. The quantitative estimate of drug-likeness (QED) is 0.0646. The third-order valence-electron chi connectivity index (χ3n) is 9.13. The van der Waals surface area contributed by atoms with Gasteiger partial charge in [-0.15, -0.1) is 10.2 Å². The van der Waals surface area contributed by atoms with Gasteiger partial charge in [-0.25, -0.2) is 0 Å². The second kappa shape index (κ2) is 28.2. The molecule has 0 saturated carbocycles. The molecule has 0 aliphatic carbocycles. The van der Waals surface area contributed by atoms with Crippen molar-refractivity contribution in [2.45, 2.75) is 19.4 Å². The van der Waals surface area contributed by atoms with Crippen molar-refractivity contribution >= 4 is 28.9 Å². The maximum Gasteiger partial charge on any atom is 0.227 e. The molecule has 0 saturated heterocycles. The summed E-state index contributed by atoms with van der Waals surface area (Å²) < 4.78 is 57.1. The lowest BCUT2D eigenvalue weighted by molar-refractivity contribution is -0.116. The van der Waals surface area contributed by atoms with E-state index in [4.69, 9.17) is 69.7 Å². The van der Waals surface area contributed by atoms with Crippen molar-refractivity contribution in [3.8, 4) is 17.2 Å². The largest absolute Gasteiger partial charge is 0.497 e. The van der Waals surface area contributed by atoms with Crippen LogP contribution >= 0.6 is 11.6 Å². The van der Waals surface area contributed by atoms with Crippen LogP contribution in [0.5, 0.6) is 11.5 Å². The number of hydrogen-bond acceptors (Lipinski definition) is 15. The molecule has 1 amide bonds. The third kappa shape index (κ3) is 16.6. The number of carbonyl (C=O) groups excluding carboxylic acids is 1. The molecule has 0 unspecified atom stereocenters. The van der Waals surface area contributed by atoms with Crippen LogP contribution in [0, 0.1) is 6.92 Å². The molecule has 1 aliphatic rings. The van der Waals surface area contributed by atoms with Gasteiger partial charge in [0.2, 0.25) is 5.91 Å². The first kappa shape index (κ1) is 48.5. The summed E-state index contributed by atoms with van der Waals surface area (Å²) in [5.41, 5.74) is 9.17. The summed E-state index contributed by atoms with van der Waals surface area (Å²) in [7, 11) is 1.62. The highest BCUT2D eigenvalue weighted by Gasteiger charge is 2.30. The lowest BCUT2D eigenvalue weighted by Gasteiger charge is -2.14. The molecule has 1 aromatic heterocycles. The van der Waals surface area contributed by atoms with E-state index in [9.17, 15) is 4.79 Å². The zero-order chi connectivity index (χ0) is 43.6. The molecule has 18 heteroatoms. The molecule has 2 heterocycles. The van der Waals surface area contributed by atoms with Crippen molar-refractivity contribution in [1.82, 2.24) is 14.8 Å². The summed E-state index contributed by atoms with van der Waals surface area (Å²) in [4.78, 5) is 18.6. The molecule has 3 N–H and O–H groups in total. The Bertz CT molecular complexity index is 1920. The molecule has 0 bridgehead atoms. The van der Waals surface area contributed by atoms with Gasteiger partial charge in [0.25, 0.3) is 0 Å². The minimum atomic E-state index is -0.627. The predicted octanol–water partition coefficient (Wildman–Crippen LogP) is 4.63. The van der Waals surface area contributed by atoms with Gasteiger partial charge in [-0.1, -0.05) is 23.7 Å². The van der Waals surface area contributed by atoms with Gasteiger partial charge in [0.05, 0.1) is 131 Å². The Balaban J connectivity index is 0.901. The van der Waals surface area contributed by atoms with E-state index in [1.54, 1.807) is 31.4 Å². The van der Waals surface area contributed by atoms with Crippen molar-refractivity contribution in [3.05, 3.63) is 94.5 Å². The van der Waals surface area contributed by atoms with Gasteiger partial charge in [-0.3, -0.25) is 14.4 Å². The minimum absolute atomic E-state index is 0.0302. The Kier molecular flexibility index (Phi) is 22.1. The van der Waals surface area contributed by atoms with Gasteiger partial charge in [-0.2, -0.15) is 0 Å². The van der Waals surface area contributed by atoms with Crippen LogP contribution in [0.25, 0.3) is 5.69 Å². The van der Waals surface area contributed by atoms with E-state index in [0.29, 0.717) is 158 Å². The normalized spacial score (nSPS) is 13.3. The second-order valence-electron chi connectivity index (χ2n) is 13.6. The van der Waals surface area contributed by atoms with E-state index in [2.05, 4.69) is 15.5 Å². The first-order valence-electron chi connectivity index (χ1n) is 20.8. The number of carbonyl (C=O) groups is 1. The van der Waals surface area contributed by atoms with E-state index >= 15 is 0 Å². The molecule has 5 rings (SSSR count). The SMILES string of the molecule is COc1ccc2c(c1)C(c1ccc(Cl)cc1)=N[C@H](CC(=O)Nc1ccc(OCCOCCOCCOCCOCCOCCOCCOCCOCCN)cc1)c1nnc(C)n1-2. The number of rotatable bonds is 32. The Morgan fingerprint density at radius 3 is 1.68 bits per heavy atom. The molecular weight excluding hydrogens is 824 g/mol. The van der Waals surface area contributed by atoms with Crippen molar-refractivity contribution in [1.29, 1.82) is 0 Å². The highest BCUT2D eigenvalue weighted by molar-refractivity contribution is 6.30. The maximum atomic E-state index is 13.5. The van der Waals surface area contributed by atoms with Gasteiger partial charge in [0, 0.05) is 28.4 Å². The number of halogens is 1. The Morgan fingerprint density at radius 2 is 1.16 bits per heavy atom. The van der Waals surface area contributed by atoms with Crippen LogP contribution in [-0.4, -0.2) is 152 Å². The molecule has 4 aromatic rings. The molecule has 62 heavy (non-hydrogen) atoms. The number of methoxy groups -OCH3 is 1. The number of fused-ring (bicyclic) bond motifs is 3. The predicted molar refractivity (Wildman–Crippen MR) is 233 cm³/mol. The summed E-state index contributed by atoms with van der Waals surface area (Å²) >= 11 is 6.23. The average molecular weight is 883 g/mol. The number of hydrogen-bond donors (Lipinski definition) is 2. The van der Waals surface area contributed by atoms with Crippen LogP contribution in [0.1, 0.15) is 35.2 Å². The number of ether oxygens (including phenoxy) is 10. The highest BCUT2D eigenvalue weighted by atomic mass is 35.5. The van der Waals surface area contributed by atoms with Gasteiger partial charge in [0.15, 0.2) is 5.82 Å². The van der Waals surface area contributed by atoms with Crippen LogP contribution in [0.2, 0.25) is 5.02 Å². The summed E-state index contributed by atoms with van der Waals surface area (Å²) in [5, 5.41) is 12.4. The molecular formula is C44H59ClN6O11. The summed E-state index contributed by atoms with van der Waals surface area (Å²) in [6.07, 6.45) is 0.0302. The summed E-state index contributed by atoms with van der Waals surface area (Å²) in [6.45, 7) is 10.5. The smallest absolute Gasteiger partial charge is 0.227 e. The van der Waals surface area contributed by atoms with Gasteiger partial charge >= 0.3 is 0 Å². The lowest BCUT2D eigenvalue weighted by Crippen LogP contribution is -2.17. The van der Waals surface area contributed by atoms with Gasteiger partial charge in [-0.05, 0) is 61.5 Å². The standard InChI is InChI=1S/C44H59ClN6O11/c1-33-49-50-44-40(48-43(34-3-5-35(45)6-4-34)39-31-38(53-2)11-12-41(39)51(33)44)32-42(52)47-36-7-9-37(10-8-36)62-30-29-61-28-27-60-26-25-59-24-23-58-22-21-57-20-19-56-18-17-55-16-15-54-14-13-46/h3-12,31,40H,13-30,32,46H2,1-2H3,(H,47,52)/t40-/m1/s1. The van der Waals surface area contributed by atoms with Crippen molar-refractivity contribution in [2.75, 3.05) is 131 Å². The molecule has 338 valence electrons. The molecule has 1 atom stereocenters. The third-order valence-corrected chi connectivity index (χ3v) is 9.38. The zero-order valence-corrected chi connectivity index (χ0v) is 36.4. The first-order valence-corrected chi connectivity index (χ1v) is 21.1. The topological polar surface area (TPSA) is 190 Å². The fraction of sp³-hybridized carbons (Fsp3) is 0.500. The fourth-order valence-corrected chi connectivity index (χ4v) is 6.27. The maximum absolute atomic E-state index is 13.5. The number of aryl methyl sites for hydroxylation is 1. The van der Waals surface area contributed by atoms with E-state index in [-0.39, 0.29) is 12.3 Å². The van der Waals surface area contributed by atoms with E-state index in [0.717, 1.165) is 16.8 Å². The number of anilines is 1. The van der Waals surface area contributed by atoms with Crippen molar-refractivity contribution < 1.29 is 52.2 Å². The first-order chi connectivity index (χ1) is 30.5.